The first kappa shape index (κ1) is 48.4. The fraction of sp³-hybridized carbons (Fsp3) is 0.415. The number of primary amides is 1. The van der Waals surface area contributed by atoms with Gasteiger partial charge in [0.1, 0.15) is 5.75 Å². The van der Waals surface area contributed by atoms with Crippen LogP contribution in [0.5, 0.6) is 17.2 Å². The van der Waals surface area contributed by atoms with E-state index in [1.54, 1.807) is 30.4 Å². The highest BCUT2D eigenvalue weighted by Crippen LogP contribution is 2.39. The average molecular weight is 939 g/mol. The number of methoxy groups -OCH3 is 1. The van der Waals surface area contributed by atoms with Gasteiger partial charge in [0.25, 0.3) is 11.8 Å². The number of rotatable bonds is 19. The summed E-state index contributed by atoms with van der Waals surface area (Å²) in [6, 6.07) is 19.4. The quantitative estimate of drug-likeness (QED) is 0.0701. The maximum Gasteiger partial charge on any atom is 0.312 e. The van der Waals surface area contributed by atoms with Crippen LogP contribution in [0.2, 0.25) is 0 Å². The number of hydrogen-bond acceptors (Lipinski definition) is 11. The number of Topliss-reactive ketones (excluding diaryl/α,β-unsaturated/α-hetero) is 1. The number of benzene rings is 4. The maximum absolute atomic E-state index is 14.2. The van der Waals surface area contributed by atoms with Crippen molar-refractivity contribution >= 4 is 59.0 Å². The molecule has 16 nitrogen and oxygen atoms in total. The lowest BCUT2D eigenvalue weighted by molar-refractivity contribution is -0.127. The number of nitrogens with zero attached hydrogens (tertiary/aromatic N) is 4. The second kappa shape index (κ2) is 21.5. The van der Waals surface area contributed by atoms with Crippen molar-refractivity contribution in [2.45, 2.75) is 103 Å². The van der Waals surface area contributed by atoms with E-state index in [1.165, 1.54) is 11.1 Å². The number of ketones is 1. The lowest BCUT2D eigenvalue weighted by atomic mass is 9.90. The van der Waals surface area contributed by atoms with E-state index in [0.29, 0.717) is 84.5 Å². The minimum atomic E-state index is -0.694. The average Bonchev–Trinajstić information content (AvgIpc) is 3.55. The van der Waals surface area contributed by atoms with Crippen molar-refractivity contribution < 1.29 is 38.2 Å². The van der Waals surface area contributed by atoms with Crippen molar-refractivity contribution in [1.82, 2.24) is 15.1 Å². The van der Waals surface area contributed by atoms with Gasteiger partial charge in [-0.25, -0.2) is 4.79 Å². The molecule has 4 aliphatic rings. The van der Waals surface area contributed by atoms with Gasteiger partial charge in [0.2, 0.25) is 5.91 Å². The molecule has 4 aromatic rings. The smallest absolute Gasteiger partial charge is 0.312 e. The van der Waals surface area contributed by atoms with Crippen molar-refractivity contribution in [2.75, 3.05) is 32.2 Å². The molecule has 0 radical (unpaired) electrons. The van der Waals surface area contributed by atoms with E-state index in [-0.39, 0.29) is 61.0 Å². The maximum atomic E-state index is 14.2. The molecule has 4 aromatic carbocycles. The highest BCUT2D eigenvalue weighted by Gasteiger charge is 2.35. The number of aliphatic imine (C=N–C) groups is 2. The molecule has 5 amide bonds. The van der Waals surface area contributed by atoms with Gasteiger partial charge in [0, 0.05) is 62.2 Å². The molecular formula is C53H62N8O8. The zero-order chi connectivity index (χ0) is 48.8. The zero-order valence-corrected chi connectivity index (χ0v) is 39.8. The predicted molar refractivity (Wildman–Crippen MR) is 264 cm³/mol. The van der Waals surface area contributed by atoms with E-state index in [4.69, 9.17) is 35.7 Å². The Morgan fingerprint density at radius 3 is 2.01 bits per heavy atom. The molecule has 0 bridgehead atoms. The summed E-state index contributed by atoms with van der Waals surface area (Å²) in [5, 5.41) is 5.51. The molecule has 0 aliphatic carbocycles. The predicted octanol–water partition coefficient (Wildman–Crippen LogP) is 7.14. The number of nitrogens with one attached hydrogen (secondary N) is 2. The number of unbranched alkanes of at least 4 members (excludes halogenated alkanes) is 2. The molecule has 6 N–H and O–H groups in total. The van der Waals surface area contributed by atoms with Crippen molar-refractivity contribution in [3.8, 4) is 17.2 Å². The first-order chi connectivity index (χ1) is 33.3. The number of ether oxygens (including phenoxy) is 3. The Morgan fingerprint density at radius 1 is 0.754 bits per heavy atom. The molecule has 0 unspecified atom stereocenters. The summed E-state index contributed by atoms with van der Waals surface area (Å²) in [5.41, 5.74) is 19.2. The molecule has 0 saturated carbocycles. The number of anilines is 1. The second-order valence-electron chi connectivity index (χ2n) is 18.7. The van der Waals surface area contributed by atoms with E-state index >= 15 is 0 Å². The zero-order valence-electron chi connectivity index (χ0n) is 39.8. The number of carbonyl (C=O) groups excluding carboxylic acids is 5. The lowest BCUT2D eigenvalue weighted by Crippen LogP contribution is -2.44. The number of carbonyl (C=O) groups is 5. The van der Waals surface area contributed by atoms with Gasteiger partial charge >= 0.3 is 6.03 Å². The highest BCUT2D eigenvalue weighted by atomic mass is 16.5. The monoisotopic (exact) mass is 938 g/mol. The van der Waals surface area contributed by atoms with Gasteiger partial charge in [-0.05, 0) is 110 Å². The van der Waals surface area contributed by atoms with E-state index in [0.717, 1.165) is 42.4 Å². The summed E-state index contributed by atoms with van der Waals surface area (Å²) in [6.07, 6.45) is 8.11. The van der Waals surface area contributed by atoms with Crippen LogP contribution in [0.4, 0.5) is 21.9 Å². The largest absolute Gasteiger partial charge is 0.493 e. The molecule has 0 fully saturated rings. The summed E-state index contributed by atoms with van der Waals surface area (Å²) < 4.78 is 18.1. The van der Waals surface area contributed by atoms with Crippen molar-refractivity contribution in [1.29, 1.82) is 0 Å². The Morgan fingerprint density at radius 2 is 1.36 bits per heavy atom. The van der Waals surface area contributed by atoms with Crippen molar-refractivity contribution in [2.24, 2.45) is 33.3 Å². The third-order valence-corrected chi connectivity index (χ3v) is 13.5. The number of aryl methyl sites for hydroxylation is 1. The van der Waals surface area contributed by atoms with Crippen LogP contribution in [0, 0.1) is 18.8 Å². The van der Waals surface area contributed by atoms with E-state index in [1.807, 2.05) is 74.4 Å². The van der Waals surface area contributed by atoms with E-state index in [2.05, 4.69) is 22.8 Å². The lowest BCUT2D eigenvalue weighted by Gasteiger charge is -2.34. The summed E-state index contributed by atoms with van der Waals surface area (Å²) >= 11 is 0. The van der Waals surface area contributed by atoms with Crippen LogP contribution in [0.25, 0.3) is 0 Å². The van der Waals surface area contributed by atoms with Crippen molar-refractivity contribution in [3.63, 3.8) is 0 Å². The van der Waals surface area contributed by atoms with Crippen LogP contribution in [0.15, 0.2) is 76.7 Å². The normalized spacial score (nSPS) is 17.5. The number of hydrogen-bond donors (Lipinski definition) is 4. The fourth-order valence-electron chi connectivity index (χ4n) is 9.42. The molecule has 69 heavy (non-hydrogen) atoms. The first-order valence-electron chi connectivity index (χ1n) is 23.9. The Hall–Kier alpha value is -7.07. The Labute approximate surface area is 402 Å². The number of amides is 5. The van der Waals surface area contributed by atoms with Crippen LogP contribution in [0.1, 0.15) is 101 Å². The molecule has 4 atom stereocenters. The molecule has 362 valence electrons. The van der Waals surface area contributed by atoms with Crippen LogP contribution in [-0.4, -0.2) is 96.8 Å². The van der Waals surface area contributed by atoms with Gasteiger partial charge in [-0.1, -0.05) is 44.2 Å². The summed E-state index contributed by atoms with van der Waals surface area (Å²) in [7, 11) is 1.54. The van der Waals surface area contributed by atoms with Gasteiger partial charge < -0.3 is 46.1 Å². The summed E-state index contributed by atoms with van der Waals surface area (Å²) in [4.78, 5) is 78.9. The topological polar surface area (TPSA) is 220 Å². The van der Waals surface area contributed by atoms with Crippen LogP contribution >= 0.6 is 0 Å². The molecule has 4 aliphatic heterocycles. The van der Waals surface area contributed by atoms with Gasteiger partial charge in [-0.15, -0.1) is 0 Å². The third kappa shape index (κ3) is 11.1. The number of urea groups is 1. The van der Waals surface area contributed by atoms with Crippen LogP contribution in [-0.2, 0) is 35.5 Å². The standard InChI is InChI=1S/C53H62N8O8/c1-31(2)49(54)45(62)23-35(13-10-16-56-53(55)66)50(63)59-38-15-14-34-22-40-28-58-44-26-48(47(67-4)24-42(44)52(65)61(40)30-37(34)20-38)69-18-9-5-8-17-68-46-25-43-41(19-32(46)3)51(64)60-29-36-12-7-6-11-33(36)21-39(60)27-57-43/h6-7,11-12,14-15,19-20,24-28,31,35,39-40,49H,5,8-10,13,16-18,21-23,29-30,54H2,1-4H3,(H,59,63)(H3,55,56,66)/t35-,39+,40-,49+/m1/s1. The third-order valence-electron chi connectivity index (χ3n) is 13.5. The molecule has 8 rings (SSSR count). The van der Waals surface area contributed by atoms with Gasteiger partial charge in [0.15, 0.2) is 17.3 Å². The minimum absolute atomic E-state index is 0.0144. The van der Waals surface area contributed by atoms with Crippen molar-refractivity contribution in [3.05, 3.63) is 106 Å². The van der Waals surface area contributed by atoms with Crippen LogP contribution < -0.4 is 36.3 Å². The molecule has 0 saturated heterocycles. The Bertz CT molecular complexity index is 2680. The van der Waals surface area contributed by atoms with E-state index < -0.39 is 18.0 Å². The molecule has 0 spiro atoms. The highest BCUT2D eigenvalue weighted by molar-refractivity contribution is 6.04. The van der Waals surface area contributed by atoms with Gasteiger partial charge in [-0.2, -0.15) is 0 Å². The van der Waals surface area contributed by atoms with Crippen LogP contribution in [0.3, 0.4) is 0 Å². The molecule has 4 heterocycles. The molecule has 16 heteroatoms. The number of nitrogens with two attached hydrogens (primary N) is 2. The van der Waals surface area contributed by atoms with E-state index in [9.17, 15) is 24.0 Å². The first-order valence-corrected chi connectivity index (χ1v) is 23.9. The Kier molecular flexibility index (Phi) is 15.1. The SMILES string of the molecule is COc1cc2c(cc1OCCCCCOc1cc3c(cc1C)C(=O)N1Cc4ccccc4C[C@H]1C=N3)N=C[C@H]1Cc3ccc(NC(=O)[C@H](CCCNC(N)=O)CC(=O)[C@@H](N)C(C)C)cc3CN1C2=O. The second-order valence-corrected chi connectivity index (χ2v) is 18.7. The summed E-state index contributed by atoms with van der Waals surface area (Å²) in [5.74, 6) is 0.134. The van der Waals surface area contributed by atoms with Gasteiger partial charge in [0.05, 0.1) is 61.0 Å². The number of fused-ring (bicyclic) bond motifs is 6. The van der Waals surface area contributed by atoms with Gasteiger partial charge in [-0.3, -0.25) is 29.2 Å². The fourth-order valence-corrected chi connectivity index (χ4v) is 9.42. The minimum Gasteiger partial charge on any atom is -0.493 e. The summed E-state index contributed by atoms with van der Waals surface area (Å²) in [6.45, 7) is 7.71. The Balaban J connectivity index is 0.842. The molecular weight excluding hydrogens is 877 g/mol. The molecule has 0 aromatic heterocycles.